The van der Waals surface area contributed by atoms with E-state index in [1.807, 2.05) is 67.6 Å². The molecule has 0 aliphatic heterocycles. The van der Waals surface area contributed by atoms with Crippen molar-refractivity contribution in [1.82, 2.24) is 0 Å². The van der Waals surface area contributed by atoms with Crippen LogP contribution >= 0.6 is 9.58 Å². The first-order valence-electron chi connectivity index (χ1n) is 12.2. The topological polar surface area (TPSA) is 74.3 Å². The molecule has 1 fully saturated rings. The van der Waals surface area contributed by atoms with Crippen LogP contribution in [0, 0.1) is 36.5 Å². The second-order valence-corrected chi connectivity index (χ2v) is 10.9. The molecule has 0 saturated heterocycles. The Labute approximate surface area is 245 Å². The number of sulfonamides is 1. The Hall–Kier alpha value is -1.53. The summed E-state index contributed by atoms with van der Waals surface area (Å²) >= 11 is 1.47. The summed E-state index contributed by atoms with van der Waals surface area (Å²) < 4.78 is 29.9. The molecular formula is C31H36ClIrN2O2S+. The van der Waals surface area contributed by atoms with Crippen LogP contribution in [0.1, 0.15) is 63.4 Å². The van der Waals surface area contributed by atoms with Crippen LogP contribution in [0.4, 0.5) is 0 Å². The Morgan fingerprint density at radius 3 is 1.39 bits per heavy atom. The second kappa shape index (κ2) is 15.3. The zero-order valence-corrected chi connectivity index (χ0v) is 26.7. The summed E-state index contributed by atoms with van der Waals surface area (Å²) in [7, 11) is 0.806. The van der Waals surface area contributed by atoms with E-state index < -0.39 is 22.1 Å². The van der Waals surface area contributed by atoms with Crippen molar-refractivity contribution in [2.24, 2.45) is 5.73 Å². The Bertz CT molecular complexity index is 1150. The number of aryl methyl sites for hydroxylation is 1. The van der Waals surface area contributed by atoms with Crippen LogP contribution in [0.2, 0.25) is 0 Å². The molecule has 3 aromatic carbocycles. The van der Waals surface area contributed by atoms with Gasteiger partial charge in [-0.25, -0.2) is 8.42 Å². The normalized spacial score (nSPS) is 17.2. The maximum atomic E-state index is 12.8. The summed E-state index contributed by atoms with van der Waals surface area (Å²) in [5.41, 5.74) is 9.01. The Morgan fingerprint density at radius 1 is 0.632 bits per heavy atom. The van der Waals surface area contributed by atoms with E-state index in [4.69, 9.17) is 5.73 Å². The van der Waals surface area contributed by atoms with Gasteiger partial charge in [0.05, 0.1) is 0 Å². The monoisotopic (exact) mass is 728 g/mol. The van der Waals surface area contributed by atoms with Crippen molar-refractivity contribution in [3.05, 3.63) is 136 Å². The average molecular weight is 728 g/mol. The summed E-state index contributed by atoms with van der Waals surface area (Å²) in [6.07, 6.45) is 0. The molecule has 38 heavy (non-hydrogen) atoms. The van der Waals surface area contributed by atoms with E-state index in [1.54, 1.807) is 24.3 Å². The van der Waals surface area contributed by atoms with Gasteiger partial charge in [-0.1, -0.05) is 125 Å². The molecule has 0 heterocycles. The van der Waals surface area contributed by atoms with E-state index in [-0.39, 0.29) is 4.90 Å². The fraction of sp³-hybridized carbons (Fsp3) is 0.258. The van der Waals surface area contributed by atoms with Crippen LogP contribution < -0.4 is 5.73 Å². The first-order chi connectivity index (χ1) is 18.0. The van der Waals surface area contributed by atoms with Gasteiger partial charge in [-0.15, -0.1) is 0 Å². The predicted octanol–water partition coefficient (Wildman–Crippen LogP) is 8.16. The molecule has 0 bridgehead atoms. The molecule has 7 heteroatoms. The Morgan fingerprint density at radius 2 is 1.00 bits per heavy atom. The van der Waals surface area contributed by atoms with E-state index in [0.717, 1.165) is 16.7 Å². The van der Waals surface area contributed by atoms with Gasteiger partial charge in [0.15, 0.2) is 0 Å². The van der Waals surface area contributed by atoms with Gasteiger partial charge in [0.2, 0.25) is 0 Å². The fourth-order valence-corrected chi connectivity index (χ4v) is 5.32. The predicted molar refractivity (Wildman–Crippen MR) is 155 cm³/mol. The molecular weight excluding hydrogens is 692 g/mol. The molecule has 1 saturated carbocycles. The van der Waals surface area contributed by atoms with E-state index in [2.05, 4.69) is 48.9 Å². The van der Waals surface area contributed by atoms with Crippen molar-refractivity contribution in [3.8, 4) is 0 Å². The summed E-state index contributed by atoms with van der Waals surface area (Å²) in [6, 6.07) is 24.1. The molecule has 0 aromatic heterocycles. The molecule has 2 atom stereocenters. The van der Waals surface area contributed by atoms with Crippen LogP contribution in [0.5, 0.6) is 0 Å². The third kappa shape index (κ3) is 8.48. The van der Waals surface area contributed by atoms with Gasteiger partial charge in [0.1, 0.15) is 10.0 Å². The zero-order valence-electron chi connectivity index (χ0n) is 22.7. The van der Waals surface area contributed by atoms with Gasteiger partial charge in [0.25, 0.3) is 0 Å². The van der Waals surface area contributed by atoms with Gasteiger partial charge >= 0.3 is 27.5 Å². The molecule has 1 aliphatic rings. The number of rotatable bonds is 6. The van der Waals surface area contributed by atoms with Crippen molar-refractivity contribution in [3.63, 3.8) is 0 Å². The van der Waals surface area contributed by atoms with Crippen molar-refractivity contribution in [1.29, 1.82) is 0 Å². The molecule has 1 aliphatic carbocycles. The number of benzene rings is 3. The summed E-state index contributed by atoms with van der Waals surface area (Å²) in [5.74, 6) is 7.34. The maximum absolute atomic E-state index is 12.8. The van der Waals surface area contributed by atoms with Crippen molar-refractivity contribution < 1.29 is 26.3 Å². The van der Waals surface area contributed by atoms with Crippen LogP contribution in [-0.2, 0) is 27.9 Å². The molecule has 2 N–H and O–H groups in total. The molecule has 203 valence electrons. The number of nitrogens with two attached hydrogens (primary N) is 1. The standard InChI is InChI=1S/C21H21N2O2S.C10H15.ClH.Ir/c1-16-12-14-19(15-13-16)26(24,25)23-21(18-10-6-3-7-11-18)20(22)17-8-4-2-5-9-17;1-6-7(2)9(4)10(5)8(6)3;;/h2-15,20-21H,22H2,1H3;1-5H3;1H;/q-1;;;+3/p-1/t20-,21-;;;/m0.../s1. The quantitative estimate of drug-likeness (QED) is 0.279. The third-order valence-electron chi connectivity index (χ3n) is 7.05. The SMILES string of the molecule is C[C]1[C](C)[C](C)[C](C)[C]1C.Cc1ccc(S(=O)(=O)[N-][C@@H](c2ccccc2)[C@@H](N)c2ccccc2)cc1.[Cl][Ir+2]. The number of nitrogens with zero attached hydrogens (tertiary/aromatic N) is 1. The van der Waals surface area contributed by atoms with Crippen molar-refractivity contribution in [2.45, 2.75) is 58.5 Å². The molecule has 3 aromatic rings. The van der Waals surface area contributed by atoms with Gasteiger partial charge in [-0.3, -0.25) is 0 Å². The Kier molecular flexibility index (Phi) is 13.2. The molecule has 0 spiro atoms. The van der Waals surface area contributed by atoms with Gasteiger partial charge < -0.3 is 10.5 Å². The van der Waals surface area contributed by atoms with Crippen LogP contribution in [0.15, 0.2) is 89.8 Å². The summed E-state index contributed by atoms with van der Waals surface area (Å²) in [4.78, 5) is 0.171. The van der Waals surface area contributed by atoms with Crippen LogP contribution in [0.3, 0.4) is 0 Å². The molecule has 4 rings (SSSR count). The van der Waals surface area contributed by atoms with Crippen LogP contribution in [0.25, 0.3) is 4.72 Å². The van der Waals surface area contributed by atoms with Gasteiger partial charge in [0, 0.05) is 10.9 Å². The molecule has 4 nitrogen and oxygen atoms in total. The molecule has 5 radical (unpaired) electrons. The van der Waals surface area contributed by atoms with Crippen LogP contribution in [-0.4, -0.2) is 8.42 Å². The minimum absolute atomic E-state index is 0.171. The summed E-state index contributed by atoms with van der Waals surface area (Å²) in [6.45, 7) is 12.9. The molecule has 0 unspecified atom stereocenters. The first kappa shape index (κ1) is 32.7. The number of hydrogen-bond donors (Lipinski definition) is 1. The average Bonchev–Trinajstić information content (AvgIpc) is 3.11. The van der Waals surface area contributed by atoms with E-state index in [1.165, 1.54) is 47.5 Å². The van der Waals surface area contributed by atoms with Crippen molar-refractivity contribution in [2.75, 3.05) is 0 Å². The first-order valence-corrected chi connectivity index (χ1v) is 16.6. The van der Waals surface area contributed by atoms with Gasteiger partial charge in [-0.2, -0.15) is 0 Å². The van der Waals surface area contributed by atoms with E-state index in [9.17, 15) is 8.42 Å². The number of halogens is 1. The third-order valence-corrected chi connectivity index (χ3v) is 8.42. The fourth-order valence-electron chi connectivity index (χ4n) is 4.17. The summed E-state index contributed by atoms with van der Waals surface area (Å²) in [5, 5.41) is 0. The van der Waals surface area contributed by atoms with Crippen molar-refractivity contribution >= 4 is 19.6 Å². The number of hydrogen-bond acceptors (Lipinski definition) is 3. The zero-order chi connectivity index (χ0) is 28.5. The van der Waals surface area contributed by atoms with E-state index in [0.29, 0.717) is 0 Å². The Balaban J connectivity index is 0.000000353. The van der Waals surface area contributed by atoms with E-state index >= 15 is 0 Å². The second-order valence-electron chi connectivity index (χ2n) is 9.31. The minimum atomic E-state index is -3.83. The molecule has 0 amide bonds. The van der Waals surface area contributed by atoms with Gasteiger partial charge in [-0.05, 0) is 54.2 Å².